The SMILES string of the molecule is COc1cc2c(cc1Br)-c1cc3c([O-])cc(=O)oc3cc1OC2(C)C.[Na+]. The van der Waals surface area contributed by atoms with Gasteiger partial charge in [-0.2, -0.15) is 0 Å². The van der Waals surface area contributed by atoms with E-state index in [0.29, 0.717) is 16.9 Å². The van der Waals surface area contributed by atoms with Gasteiger partial charge < -0.3 is 19.0 Å². The number of fused-ring (bicyclic) bond motifs is 4. The van der Waals surface area contributed by atoms with Crippen LogP contribution < -0.4 is 49.8 Å². The topological polar surface area (TPSA) is 71.7 Å². The van der Waals surface area contributed by atoms with Gasteiger partial charge in [0.15, 0.2) is 0 Å². The van der Waals surface area contributed by atoms with Crippen molar-refractivity contribution >= 4 is 26.9 Å². The molecule has 26 heavy (non-hydrogen) atoms. The molecule has 0 radical (unpaired) electrons. The second kappa shape index (κ2) is 6.60. The number of hydrogen-bond acceptors (Lipinski definition) is 5. The molecule has 0 N–H and O–H groups in total. The molecule has 0 atom stereocenters. The fourth-order valence-electron chi connectivity index (χ4n) is 3.22. The van der Waals surface area contributed by atoms with Crippen molar-refractivity contribution in [3.05, 3.63) is 50.8 Å². The molecule has 0 fully saturated rings. The zero-order valence-corrected chi connectivity index (χ0v) is 18.4. The molecule has 0 bridgehead atoms. The molecule has 1 aliphatic rings. The summed E-state index contributed by atoms with van der Waals surface area (Å²) in [6.07, 6.45) is 0. The van der Waals surface area contributed by atoms with Crippen molar-refractivity contribution in [2.24, 2.45) is 0 Å². The van der Waals surface area contributed by atoms with Gasteiger partial charge in [-0.05, 0) is 53.5 Å². The summed E-state index contributed by atoms with van der Waals surface area (Å²) < 4.78 is 17.5. The molecule has 4 rings (SSSR count). The Balaban J connectivity index is 0.00000196. The molecule has 0 amide bonds. The van der Waals surface area contributed by atoms with Crippen LogP contribution >= 0.6 is 15.9 Å². The van der Waals surface area contributed by atoms with Gasteiger partial charge >= 0.3 is 35.2 Å². The van der Waals surface area contributed by atoms with E-state index in [1.807, 2.05) is 26.0 Å². The first kappa shape index (κ1) is 19.3. The van der Waals surface area contributed by atoms with Gasteiger partial charge in [0, 0.05) is 28.6 Å². The van der Waals surface area contributed by atoms with Crippen LogP contribution in [0.15, 0.2) is 44.0 Å². The van der Waals surface area contributed by atoms with Crippen LogP contribution in [-0.4, -0.2) is 7.11 Å². The molecular weight excluding hydrogens is 411 g/mol. The third-order valence-electron chi connectivity index (χ3n) is 4.40. The van der Waals surface area contributed by atoms with E-state index in [1.165, 1.54) is 0 Å². The predicted molar refractivity (Wildman–Crippen MR) is 95.3 cm³/mol. The maximum Gasteiger partial charge on any atom is 1.00 e. The molecule has 0 saturated heterocycles. The Morgan fingerprint density at radius 1 is 1.12 bits per heavy atom. The zero-order valence-electron chi connectivity index (χ0n) is 14.8. The number of halogens is 1. The van der Waals surface area contributed by atoms with E-state index in [0.717, 1.165) is 27.2 Å². The molecule has 1 aromatic heterocycles. The Bertz CT molecular complexity index is 1090. The minimum absolute atomic E-state index is 0. The second-order valence-corrected chi connectivity index (χ2v) is 7.27. The largest absolute Gasteiger partial charge is 1.00 e. The van der Waals surface area contributed by atoms with Crippen molar-refractivity contribution in [2.45, 2.75) is 19.4 Å². The fraction of sp³-hybridized carbons (Fsp3) is 0.211. The third kappa shape index (κ3) is 2.95. The third-order valence-corrected chi connectivity index (χ3v) is 5.02. The number of benzene rings is 2. The summed E-state index contributed by atoms with van der Waals surface area (Å²) in [6.45, 7) is 3.90. The molecule has 2 heterocycles. The minimum Gasteiger partial charge on any atom is -0.872 e. The predicted octanol–water partition coefficient (Wildman–Crippen LogP) is 0.936. The van der Waals surface area contributed by atoms with Gasteiger partial charge in [0.05, 0.1) is 11.6 Å². The van der Waals surface area contributed by atoms with Crippen LogP contribution in [0.2, 0.25) is 0 Å². The molecule has 3 aromatic rings. The van der Waals surface area contributed by atoms with Crippen molar-refractivity contribution in [2.75, 3.05) is 7.11 Å². The molecule has 128 valence electrons. The first-order valence-corrected chi connectivity index (χ1v) is 8.46. The van der Waals surface area contributed by atoms with Crippen LogP contribution in [-0.2, 0) is 5.60 Å². The van der Waals surface area contributed by atoms with Gasteiger partial charge in [-0.1, -0.05) is 5.75 Å². The van der Waals surface area contributed by atoms with Gasteiger partial charge in [-0.25, -0.2) is 4.79 Å². The van der Waals surface area contributed by atoms with Gasteiger partial charge in [0.1, 0.15) is 22.7 Å². The molecule has 0 unspecified atom stereocenters. The van der Waals surface area contributed by atoms with E-state index in [9.17, 15) is 9.90 Å². The summed E-state index contributed by atoms with van der Waals surface area (Å²) in [5, 5.41) is 12.5. The zero-order chi connectivity index (χ0) is 17.9. The first-order chi connectivity index (χ1) is 11.8. The van der Waals surface area contributed by atoms with Gasteiger partial charge in [-0.15, -0.1) is 0 Å². The van der Waals surface area contributed by atoms with Crippen LogP contribution in [0.5, 0.6) is 17.2 Å². The summed E-state index contributed by atoms with van der Waals surface area (Å²) in [5.74, 6) is 0.902. The Labute approximate surface area is 180 Å². The van der Waals surface area contributed by atoms with Crippen molar-refractivity contribution in [3.8, 4) is 28.4 Å². The average molecular weight is 425 g/mol. The molecule has 5 nitrogen and oxygen atoms in total. The smallest absolute Gasteiger partial charge is 0.872 e. The summed E-state index contributed by atoms with van der Waals surface area (Å²) in [6, 6.07) is 8.15. The molecule has 0 spiro atoms. The fourth-order valence-corrected chi connectivity index (χ4v) is 3.72. The van der Waals surface area contributed by atoms with Crippen LogP contribution in [0, 0.1) is 0 Å². The van der Waals surface area contributed by atoms with E-state index >= 15 is 0 Å². The van der Waals surface area contributed by atoms with Crippen LogP contribution in [0.25, 0.3) is 22.1 Å². The van der Waals surface area contributed by atoms with Crippen molar-refractivity contribution in [1.82, 2.24) is 0 Å². The van der Waals surface area contributed by atoms with Crippen LogP contribution in [0.1, 0.15) is 19.4 Å². The molecule has 7 heteroatoms. The summed E-state index contributed by atoms with van der Waals surface area (Å²) >= 11 is 3.51. The summed E-state index contributed by atoms with van der Waals surface area (Å²) in [7, 11) is 1.61. The van der Waals surface area contributed by atoms with Crippen molar-refractivity contribution < 1.29 is 48.6 Å². The van der Waals surface area contributed by atoms with E-state index < -0.39 is 11.2 Å². The Kier molecular flexibility index (Phi) is 4.90. The maximum absolute atomic E-state index is 12.2. The number of rotatable bonds is 1. The molecule has 1 aliphatic heterocycles. The van der Waals surface area contributed by atoms with E-state index in [1.54, 1.807) is 19.2 Å². The van der Waals surface area contributed by atoms with Crippen molar-refractivity contribution in [3.63, 3.8) is 0 Å². The minimum atomic E-state index is -0.666. The van der Waals surface area contributed by atoms with E-state index in [-0.39, 0.29) is 40.9 Å². The standard InChI is InChI=1S/C19H15BrO5.Na/c1-19(2)12-6-17(23-3)13(20)5-9(12)10-4-11-14(21)7-18(22)24-15(11)8-16(10)25-19;/h4-8,21H,1-3H3;/q;+1/p-1. The first-order valence-electron chi connectivity index (χ1n) is 7.66. The maximum atomic E-state index is 12.2. The second-order valence-electron chi connectivity index (χ2n) is 6.42. The van der Waals surface area contributed by atoms with Gasteiger partial charge in [-0.3, -0.25) is 0 Å². The normalized spacial score (nSPS) is 14.0. The van der Waals surface area contributed by atoms with Gasteiger partial charge in [0.25, 0.3) is 0 Å². The summed E-state index contributed by atoms with van der Waals surface area (Å²) in [5.41, 5.74) is 1.61. The van der Waals surface area contributed by atoms with Crippen molar-refractivity contribution in [1.29, 1.82) is 0 Å². The quantitative estimate of drug-likeness (QED) is 0.429. The Morgan fingerprint density at radius 2 is 1.85 bits per heavy atom. The van der Waals surface area contributed by atoms with Crippen LogP contribution in [0.3, 0.4) is 0 Å². The monoisotopic (exact) mass is 424 g/mol. The molecule has 0 aliphatic carbocycles. The number of hydrogen-bond donors (Lipinski definition) is 0. The van der Waals surface area contributed by atoms with E-state index in [4.69, 9.17) is 13.9 Å². The van der Waals surface area contributed by atoms with Gasteiger partial charge in [0.2, 0.25) is 0 Å². The van der Waals surface area contributed by atoms with E-state index in [2.05, 4.69) is 15.9 Å². The summed E-state index contributed by atoms with van der Waals surface area (Å²) in [4.78, 5) is 11.5. The molecule has 0 saturated carbocycles. The number of ether oxygens (including phenoxy) is 2. The Morgan fingerprint density at radius 3 is 2.54 bits per heavy atom. The van der Waals surface area contributed by atoms with Crippen LogP contribution in [0.4, 0.5) is 0 Å². The average Bonchev–Trinajstić information content (AvgIpc) is 2.52. The molecular formula is C19H14BrNaO5. The number of methoxy groups -OCH3 is 1. The molecule has 2 aromatic carbocycles. The Hall–Kier alpha value is -1.47.